The number of ether oxygens (including phenoxy) is 1. The van der Waals surface area contributed by atoms with Gasteiger partial charge in [0.1, 0.15) is 17.4 Å². The van der Waals surface area contributed by atoms with Crippen molar-refractivity contribution in [1.29, 1.82) is 0 Å². The first-order chi connectivity index (χ1) is 10.2. The van der Waals surface area contributed by atoms with Gasteiger partial charge in [-0.15, -0.1) is 0 Å². The molecule has 0 amide bonds. The zero-order valence-electron chi connectivity index (χ0n) is 11.8. The van der Waals surface area contributed by atoms with Crippen LogP contribution in [0.4, 0.5) is 8.78 Å². The van der Waals surface area contributed by atoms with Gasteiger partial charge in [-0.1, -0.05) is 24.3 Å². The molecule has 1 fully saturated rings. The summed E-state index contributed by atoms with van der Waals surface area (Å²) in [6.07, 6.45) is 2.35. The summed E-state index contributed by atoms with van der Waals surface area (Å²) in [4.78, 5) is 0. The first kappa shape index (κ1) is 14.0. The molecule has 0 atom stereocenters. The quantitative estimate of drug-likeness (QED) is 0.901. The minimum Gasteiger partial charge on any atom is -0.497 e. The van der Waals surface area contributed by atoms with Gasteiger partial charge in [0.25, 0.3) is 0 Å². The molecule has 0 bridgehead atoms. The number of halogens is 2. The van der Waals surface area contributed by atoms with Crippen molar-refractivity contribution in [3.8, 4) is 16.9 Å². The van der Waals surface area contributed by atoms with Crippen LogP contribution in [-0.2, 0) is 6.54 Å². The maximum Gasteiger partial charge on any atom is 0.137 e. The van der Waals surface area contributed by atoms with Gasteiger partial charge in [-0.3, -0.25) is 0 Å². The van der Waals surface area contributed by atoms with Crippen LogP contribution in [0.15, 0.2) is 36.4 Å². The Hall–Kier alpha value is -1.94. The van der Waals surface area contributed by atoms with Gasteiger partial charge in [-0.25, -0.2) is 8.78 Å². The van der Waals surface area contributed by atoms with Crippen molar-refractivity contribution >= 4 is 0 Å². The largest absolute Gasteiger partial charge is 0.497 e. The van der Waals surface area contributed by atoms with Crippen LogP contribution in [0.5, 0.6) is 5.75 Å². The van der Waals surface area contributed by atoms with E-state index in [1.807, 2.05) is 12.1 Å². The Morgan fingerprint density at radius 3 is 2.43 bits per heavy atom. The van der Waals surface area contributed by atoms with E-state index in [1.54, 1.807) is 12.1 Å². The molecular weight excluding hydrogens is 272 g/mol. The van der Waals surface area contributed by atoms with Gasteiger partial charge in [0.05, 0.1) is 12.7 Å². The maximum atomic E-state index is 14.2. The van der Waals surface area contributed by atoms with Crippen LogP contribution in [0.2, 0.25) is 0 Å². The minimum atomic E-state index is -0.606. The van der Waals surface area contributed by atoms with Crippen molar-refractivity contribution < 1.29 is 13.5 Å². The molecule has 2 aromatic rings. The van der Waals surface area contributed by atoms with Crippen LogP contribution in [0, 0.1) is 11.6 Å². The summed E-state index contributed by atoms with van der Waals surface area (Å²) in [5.74, 6) is -1.03. The molecule has 2 aromatic carbocycles. The number of rotatable bonds is 5. The van der Waals surface area contributed by atoms with Gasteiger partial charge >= 0.3 is 0 Å². The average Bonchev–Trinajstić information content (AvgIpc) is 3.29. The Kier molecular flexibility index (Phi) is 3.88. The monoisotopic (exact) mass is 289 g/mol. The van der Waals surface area contributed by atoms with E-state index in [0.29, 0.717) is 18.2 Å². The van der Waals surface area contributed by atoms with Crippen LogP contribution >= 0.6 is 0 Å². The SMILES string of the molecule is COc1cc(F)c(-c2ccccc2CNC2CC2)c(F)c1. The molecule has 0 saturated heterocycles. The molecule has 0 spiro atoms. The van der Waals surface area contributed by atoms with Crippen LogP contribution in [-0.4, -0.2) is 13.2 Å². The summed E-state index contributed by atoms with van der Waals surface area (Å²) in [5, 5.41) is 3.37. The molecule has 21 heavy (non-hydrogen) atoms. The summed E-state index contributed by atoms with van der Waals surface area (Å²) in [7, 11) is 1.39. The normalized spacial score (nSPS) is 14.2. The summed E-state index contributed by atoms with van der Waals surface area (Å²) >= 11 is 0. The molecule has 0 heterocycles. The second kappa shape index (κ2) is 5.82. The molecule has 1 N–H and O–H groups in total. The number of benzene rings is 2. The van der Waals surface area contributed by atoms with E-state index in [1.165, 1.54) is 32.1 Å². The highest BCUT2D eigenvalue weighted by molar-refractivity contribution is 5.69. The lowest BCUT2D eigenvalue weighted by atomic mass is 9.98. The van der Waals surface area contributed by atoms with Crippen LogP contribution in [0.1, 0.15) is 18.4 Å². The van der Waals surface area contributed by atoms with E-state index < -0.39 is 11.6 Å². The van der Waals surface area contributed by atoms with Crippen molar-refractivity contribution in [3.05, 3.63) is 53.6 Å². The fraction of sp³-hybridized carbons (Fsp3) is 0.294. The molecule has 0 aliphatic heterocycles. The Labute approximate surface area is 122 Å². The second-order valence-corrected chi connectivity index (χ2v) is 5.28. The molecule has 2 nitrogen and oxygen atoms in total. The molecule has 110 valence electrons. The van der Waals surface area contributed by atoms with Gasteiger partial charge in [-0.2, -0.15) is 0 Å². The summed E-state index contributed by atoms with van der Waals surface area (Å²) in [5.41, 5.74) is 1.49. The minimum absolute atomic E-state index is 0.00370. The maximum absolute atomic E-state index is 14.2. The predicted molar refractivity (Wildman–Crippen MR) is 78.2 cm³/mol. The molecule has 1 aliphatic rings. The van der Waals surface area contributed by atoms with E-state index >= 15 is 0 Å². The van der Waals surface area contributed by atoms with Gasteiger partial charge < -0.3 is 10.1 Å². The highest BCUT2D eigenvalue weighted by Crippen LogP contribution is 2.32. The fourth-order valence-corrected chi connectivity index (χ4v) is 2.39. The van der Waals surface area contributed by atoms with E-state index in [4.69, 9.17) is 4.74 Å². The van der Waals surface area contributed by atoms with Crippen molar-refractivity contribution in [1.82, 2.24) is 5.32 Å². The Morgan fingerprint density at radius 1 is 1.14 bits per heavy atom. The predicted octanol–water partition coefficient (Wildman–Crippen LogP) is 3.89. The topological polar surface area (TPSA) is 21.3 Å². The molecule has 0 aromatic heterocycles. The zero-order valence-corrected chi connectivity index (χ0v) is 11.8. The summed E-state index contributed by atoms with van der Waals surface area (Å²) < 4.78 is 33.4. The van der Waals surface area contributed by atoms with Crippen LogP contribution < -0.4 is 10.1 Å². The van der Waals surface area contributed by atoms with Gasteiger partial charge in [0, 0.05) is 24.7 Å². The number of hydrogen-bond donors (Lipinski definition) is 1. The van der Waals surface area contributed by atoms with Crippen molar-refractivity contribution in [2.24, 2.45) is 0 Å². The molecule has 1 saturated carbocycles. The number of nitrogens with one attached hydrogen (secondary N) is 1. The number of methoxy groups -OCH3 is 1. The third-order valence-electron chi connectivity index (χ3n) is 3.70. The standard InChI is InChI=1S/C17H17F2NO/c1-21-13-8-15(18)17(16(19)9-13)14-5-3-2-4-11(14)10-20-12-6-7-12/h2-5,8-9,12,20H,6-7,10H2,1H3. The van der Waals surface area contributed by atoms with Crippen molar-refractivity contribution in [2.75, 3.05) is 7.11 Å². The molecule has 3 rings (SSSR count). The molecule has 0 radical (unpaired) electrons. The molecule has 1 aliphatic carbocycles. The van der Waals surface area contributed by atoms with Gasteiger partial charge in [0.15, 0.2) is 0 Å². The third kappa shape index (κ3) is 3.05. The average molecular weight is 289 g/mol. The summed E-state index contributed by atoms with van der Waals surface area (Å²) in [6.45, 7) is 0.617. The lowest BCUT2D eigenvalue weighted by Gasteiger charge is -2.13. The highest BCUT2D eigenvalue weighted by Gasteiger charge is 2.21. The van der Waals surface area contributed by atoms with Crippen molar-refractivity contribution in [3.63, 3.8) is 0 Å². The van der Waals surface area contributed by atoms with E-state index in [2.05, 4.69) is 5.32 Å². The molecular formula is C17H17F2NO. The first-order valence-corrected chi connectivity index (χ1v) is 7.03. The lowest BCUT2D eigenvalue weighted by molar-refractivity contribution is 0.407. The molecule has 4 heteroatoms. The Bertz CT molecular complexity index is 630. The van der Waals surface area contributed by atoms with E-state index in [9.17, 15) is 8.78 Å². The van der Waals surface area contributed by atoms with Gasteiger partial charge in [-0.05, 0) is 24.0 Å². The number of hydrogen-bond acceptors (Lipinski definition) is 2. The van der Waals surface area contributed by atoms with Gasteiger partial charge in [0.2, 0.25) is 0 Å². The molecule has 0 unspecified atom stereocenters. The second-order valence-electron chi connectivity index (χ2n) is 5.28. The zero-order chi connectivity index (χ0) is 14.8. The third-order valence-corrected chi connectivity index (χ3v) is 3.70. The Balaban J connectivity index is 1.99. The first-order valence-electron chi connectivity index (χ1n) is 7.03. The van der Waals surface area contributed by atoms with Crippen LogP contribution in [0.25, 0.3) is 11.1 Å². The highest BCUT2D eigenvalue weighted by atomic mass is 19.1. The van der Waals surface area contributed by atoms with E-state index in [-0.39, 0.29) is 11.3 Å². The Morgan fingerprint density at radius 2 is 1.81 bits per heavy atom. The smallest absolute Gasteiger partial charge is 0.137 e. The lowest BCUT2D eigenvalue weighted by Crippen LogP contribution is -2.16. The fourth-order valence-electron chi connectivity index (χ4n) is 2.39. The van der Waals surface area contributed by atoms with E-state index in [0.717, 1.165) is 5.56 Å². The van der Waals surface area contributed by atoms with Crippen molar-refractivity contribution in [2.45, 2.75) is 25.4 Å². The summed E-state index contributed by atoms with van der Waals surface area (Å²) in [6, 6.07) is 10.3. The van der Waals surface area contributed by atoms with Crippen LogP contribution in [0.3, 0.4) is 0 Å².